The maximum Gasteiger partial charge on any atom is 0.331 e. The van der Waals surface area contributed by atoms with Gasteiger partial charge in [0.05, 0.1) is 11.4 Å². The van der Waals surface area contributed by atoms with Crippen molar-refractivity contribution in [2.24, 2.45) is 0 Å². The molecule has 1 amide bonds. The van der Waals surface area contributed by atoms with Gasteiger partial charge in [0.2, 0.25) is 5.89 Å². The SMILES string of the molecule is CCCN(Cc1nnc(-c2cccs2)o1)C(=O)COC(=O)/C=C/c1ccc(C)o1. The lowest BCUT2D eigenvalue weighted by Crippen LogP contribution is -2.34. The molecule has 0 unspecified atom stereocenters. The minimum atomic E-state index is -0.623. The first kappa shape index (κ1) is 20.5. The highest BCUT2D eigenvalue weighted by atomic mass is 32.1. The molecule has 3 aromatic rings. The molecule has 0 saturated heterocycles. The van der Waals surface area contributed by atoms with Gasteiger partial charge in [0.1, 0.15) is 11.5 Å². The fourth-order valence-electron chi connectivity index (χ4n) is 2.51. The van der Waals surface area contributed by atoms with Crippen molar-refractivity contribution < 1.29 is 23.2 Å². The lowest BCUT2D eigenvalue weighted by molar-refractivity contribution is -0.148. The molecule has 0 saturated carbocycles. The molecule has 0 aliphatic carbocycles. The molecule has 3 rings (SSSR count). The number of aromatic nitrogens is 2. The fourth-order valence-corrected chi connectivity index (χ4v) is 3.15. The lowest BCUT2D eigenvalue weighted by Gasteiger charge is -2.19. The summed E-state index contributed by atoms with van der Waals surface area (Å²) in [7, 11) is 0. The smallest absolute Gasteiger partial charge is 0.331 e. The molecule has 9 heteroatoms. The summed E-state index contributed by atoms with van der Waals surface area (Å²) in [6, 6.07) is 7.31. The van der Waals surface area contributed by atoms with Crippen LogP contribution in [0.4, 0.5) is 0 Å². The minimum absolute atomic E-state index is 0.157. The van der Waals surface area contributed by atoms with Crippen LogP contribution < -0.4 is 0 Å². The van der Waals surface area contributed by atoms with E-state index in [9.17, 15) is 9.59 Å². The largest absolute Gasteiger partial charge is 0.462 e. The van der Waals surface area contributed by atoms with Gasteiger partial charge in [0.25, 0.3) is 11.8 Å². The normalized spacial score (nSPS) is 11.1. The lowest BCUT2D eigenvalue weighted by atomic mass is 10.3. The molecule has 3 aromatic heterocycles. The fraction of sp³-hybridized carbons (Fsp3) is 0.300. The van der Waals surface area contributed by atoms with Crippen LogP contribution in [-0.2, 0) is 20.9 Å². The van der Waals surface area contributed by atoms with Crippen molar-refractivity contribution in [2.75, 3.05) is 13.2 Å². The van der Waals surface area contributed by atoms with Gasteiger partial charge in [0.15, 0.2) is 6.61 Å². The maximum atomic E-state index is 12.5. The van der Waals surface area contributed by atoms with E-state index in [2.05, 4.69) is 10.2 Å². The first-order chi connectivity index (χ1) is 14.0. The second-order valence-electron chi connectivity index (χ2n) is 6.18. The zero-order chi connectivity index (χ0) is 20.6. The van der Waals surface area contributed by atoms with Gasteiger partial charge in [-0.3, -0.25) is 4.79 Å². The quantitative estimate of drug-likeness (QED) is 0.388. The van der Waals surface area contributed by atoms with E-state index in [0.29, 0.717) is 24.1 Å². The van der Waals surface area contributed by atoms with Gasteiger partial charge in [0, 0.05) is 12.6 Å². The second kappa shape index (κ2) is 9.83. The minimum Gasteiger partial charge on any atom is -0.462 e. The van der Waals surface area contributed by atoms with Crippen LogP contribution in [0.25, 0.3) is 16.8 Å². The van der Waals surface area contributed by atoms with Crippen molar-refractivity contribution in [1.82, 2.24) is 15.1 Å². The van der Waals surface area contributed by atoms with Crippen molar-refractivity contribution in [3.8, 4) is 10.8 Å². The first-order valence-electron chi connectivity index (χ1n) is 9.10. The van der Waals surface area contributed by atoms with Crippen LogP contribution >= 0.6 is 11.3 Å². The summed E-state index contributed by atoms with van der Waals surface area (Å²) in [5.41, 5.74) is 0. The molecule has 0 spiro atoms. The van der Waals surface area contributed by atoms with Crippen molar-refractivity contribution in [2.45, 2.75) is 26.8 Å². The maximum absolute atomic E-state index is 12.5. The predicted molar refractivity (Wildman–Crippen MR) is 107 cm³/mol. The van der Waals surface area contributed by atoms with Gasteiger partial charge >= 0.3 is 5.97 Å². The molecule has 3 heterocycles. The topological polar surface area (TPSA) is 98.7 Å². The van der Waals surface area contributed by atoms with Crippen LogP contribution in [0.1, 0.15) is 30.8 Å². The number of nitrogens with zero attached hydrogens (tertiary/aromatic N) is 3. The molecule has 8 nitrogen and oxygen atoms in total. The summed E-state index contributed by atoms with van der Waals surface area (Å²) in [5, 5.41) is 9.93. The van der Waals surface area contributed by atoms with Crippen LogP contribution in [0, 0.1) is 6.92 Å². The predicted octanol–water partition coefficient (Wildman–Crippen LogP) is 3.69. The van der Waals surface area contributed by atoms with Crippen LogP contribution in [0.2, 0.25) is 0 Å². The molecule has 0 atom stereocenters. The molecule has 0 aromatic carbocycles. The second-order valence-corrected chi connectivity index (χ2v) is 7.13. The Labute approximate surface area is 171 Å². The molecule has 152 valence electrons. The van der Waals surface area contributed by atoms with Crippen molar-refractivity contribution >= 4 is 29.3 Å². The Kier molecular flexibility index (Phi) is 6.96. The van der Waals surface area contributed by atoms with Crippen molar-refractivity contribution in [1.29, 1.82) is 0 Å². The summed E-state index contributed by atoms with van der Waals surface area (Å²) in [4.78, 5) is 26.7. The number of hydrogen-bond acceptors (Lipinski definition) is 8. The average molecular weight is 415 g/mol. The Balaban J connectivity index is 1.53. The number of esters is 1. The molecule has 0 bridgehead atoms. The van der Waals surface area contributed by atoms with E-state index in [1.54, 1.807) is 12.1 Å². The van der Waals surface area contributed by atoms with Crippen LogP contribution in [-0.4, -0.2) is 40.1 Å². The summed E-state index contributed by atoms with van der Waals surface area (Å²) < 4.78 is 16.0. The average Bonchev–Trinajstić information content (AvgIpc) is 3.45. The van der Waals surface area contributed by atoms with E-state index in [1.807, 2.05) is 31.4 Å². The molecular weight excluding hydrogens is 394 g/mol. The zero-order valence-electron chi connectivity index (χ0n) is 16.2. The summed E-state index contributed by atoms with van der Waals surface area (Å²) in [5.74, 6) is 1.07. The third kappa shape index (κ3) is 5.89. The standard InChI is InChI=1S/C20H21N3O5S/c1-3-10-23(12-17-21-22-20(28-17)16-5-4-11-29-16)18(24)13-26-19(25)9-8-15-7-6-14(2)27-15/h4-9,11H,3,10,12-13H2,1-2H3/b9-8+. The molecule has 0 aliphatic rings. The van der Waals surface area contributed by atoms with Crippen molar-refractivity contribution in [3.63, 3.8) is 0 Å². The Bertz CT molecular complexity index is 974. The van der Waals surface area contributed by atoms with E-state index < -0.39 is 5.97 Å². The highest BCUT2D eigenvalue weighted by Crippen LogP contribution is 2.23. The number of thiophene rings is 1. The highest BCUT2D eigenvalue weighted by molar-refractivity contribution is 7.13. The van der Waals surface area contributed by atoms with E-state index in [1.165, 1.54) is 28.4 Å². The molecular formula is C20H21N3O5S. The molecule has 29 heavy (non-hydrogen) atoms. The van der Waals surface area contributed by atoms with Crippen LogP contribution in [0.15, 0.2) is 44.6 Å². The number of ether oxygens (including phenoxy) is 1. The Morgan fingerprint density at radius 2 is 2.10 bits per heavy atom. The summed E-state index contributed by atoms with van der Waals surface area (Å²) >= 11 is 1.49. The van der Waals surface area contributed by atoms with Gasteiger partial charge in [-0.1, -0.05) is 13.0 Å². The molecule has 0 aliphatic heterocycles. The number of hydrogen-bond donors (Lipinski definition) is 0. The molecule has 0 N–H and O–H groups in total. The van der Waals surface area contributed by atoms with E-state index in [0.717, 1.165) is 17.1 Å². The Morgan fingerprint density at radius 1 is 1.24 bits per heavy atom. The van der Waals surface area contributed by atoms with E-state index >= 15 is 0 Å². The Hall–Kier alpha value is -3.20. The van der Waals surface area contributed by atoms with Gasteiger partial charge in [-0.25, -0.2) is 4.79 Å². The molecule has 0 radical (unpaired) electrons. The summed E-state index contributed by atoms with van der Waals surface area (Å²) in [6.07, 6.45) is 3.46. The third-order valence-corrected chi connectivity index (χ3v) is 4.71. The number of furan rings is 1. The van der Waals surface area contributed by atoms with Crippen LogP contribution in [0.5, 0.6) is 0 Å². The number of carbonyl (C=O) groups excluding carboxylic acids is 2. The highest BCUT2D eigenvalue weighted by Gasteiger charge is 2.18. The zero-order valence-corrected chi connectivity index (χ0v) is 17.0. The molecule has 0 fully saturated rings. The van der Waals surface area contributed by atoms with E-state index in [4.69, 9.17) is 13.6 Å². The van der Waals surface area contributed by atoms with E-state index in [-0.39, 0.29) is 19.1 Å². The van der Waals surface area contributed by atoms with Gasteiger partial charge in [-0.05, 0) is 43.0 Å². The third-order valence-electron chi connectivity index (χ3n) is 3.85. The summed E-state index contributed by atoms with van der Waals surface area (Å²) in [6.45, 7) is 4.03. The van der Waals surface area contributed by atoms with Gasteiger partial charge < -0.3 is 18.5 Å². The number of rotatable bonds is 9. The van der Waals surface area contributed by atoms with Gasteiger partial charge in [-0.2, -0.15) is 0 Å². The van der Waals surface area contributed by atoms with Gasteiger partial charge in [-0.15, -0.1) is 21.5 Å². The number of carbonyl (C=O) groups is 2. The number of amides is 1. The first-order valence-corrected chi connectivity index (χ1v) is 9.98. The number of aryl methyl sites for hydroxylation is 1. The van der Waals surface area contributed by atoms with Crippen LogP contribution in [0.3, 0.4) is 0 Å². The Morgan fingerprint density at radius 3 is 2.79 bits per heavy atom. The monoisotopic (exact) mass is 415 g/mol. The van der Waals surface area contributed by atoms with Crippen molar-refractivity contribution in [3.05, 3.63) is 53.1 Å².